The number of hydrogen-bond acceptors (Lipinski definition) is 6. The Bertz CT molecular complexity index is 1880. The van der Waals surface area contributed by atoms with E-state index in [1.165, 1.54) is 250 Å². The Morgan fingerprint density at radius 3 is 0.988 bits per heavy atom. The lowest BCUT2D eigenvalue weighted by Gasteiger charge is -2.53. The number of hydrogen-bond donors (Lipinski definition) is 4. The van der Waals surface area contributed by atoms with Crippen LogP contribution >= 0.6 is 0 Å². The van der Waals surface area contributed by atoms with Crippen molar-refractivity contribution in [2.75, 3.05) is 0 Å². The second-order valence-electron chi connectivity index (χ2n) is 35.7. The topological polar surface area (TPSA) is 54.6 Å². The highest BCUT2D eigenvalue weighted by Crippen LogP contribution is 2.56. The molecule has 15 fully saturated rings. The molecule has 12 aliphatic carbocycles. The van der Waals surface area contributed by atoms with Crippen LogP contribution in [-0.2, 0) is 0 Å². The molecule has 3 saturated heterocycles. The zero-order valence-electron chi connectivity index (χ0n) is 56.1. The van der Waals surface area contributed by atoms with Gasteiger partial charge < -0.3 is 0 Å². The predicted octanol–water partition coefficient (Wildman–Crippen LogP) is 19.2. The van der Waals surface area contributed by atoms with Crippen molar-refractivity contribution >= 4 is 0 Å². The molecular weight excluding hydrogens is 1040 g/mol. The monoisotopic (exact) mass is 1180 g/mol. The molecule has 3 heterocycles. The molecular formula is C80H138N6. The van der Waals surface area contributed by atoms with Gasteiger partial charge in [0.2, 0.25) is 0 Å². The lowest BCUT2D eigenvalue weighted by atomic mass is 9.62. The van der Waals surface area contributed by atoms with E-state index in [4.69, 9.17) is 0 Å². The molecule has 6 heteroatoms. The van der Waals surface area contributed by atoms with Gasteiger partial charge in [-0.15, -0.1) is 0 Å². The number of rotatable bonds is 13. The average Bonchev–Trinajstić information content (AvgIpc) is 2.63. The standard InChI is InChI=1S/C80H138N6/c1-7-21-59(22-8-1)73-53-74(60-23-9-2-10-24-60)82-79(81-73)65-49-64(50-66(51-65)80-83-75(61-25-11-3-12-26-61)54-76(84-80)62-27-13-4-14-28-62)58-37-35-55(36-38-58)56-39-44-69(45-40-56)85(67-29-15-5-16-30-67)70-46-41-57(42-47-70)63-43-48-78-72(52-63)71-33-19-20-34-77(71)86(78)68-31-17-6-18-32-68/h55-84H,1-54H2. The number of nitrogens with one attached hydrogen (secondary N) is 4. The van der Waals surface area contributed by atoms with Crippen molar-refractivity contribution in [2.24, 2.45) is 82.9 Å². The van der Waals surface area contributed by atoms with Gasteiger partial charge in [0.05, 0.1) is 12.3 Å². The van der Waals surface area contributed by atoms with E-state index in [1.54, 1.807) is 96.3 Å². The van der Waals surface area contributed by atoms with Gasteiger partial charge in [0.25, 0.3) is 0 Å². The second kappa shape index (κ2) is 29.6. The van der Waals surface area contributed by atoms with Crippen LogP contribution in [0.15, 0.2) is 0 Å². The summed E-state index contributed by atoms with van der Waals surface area (Å²) in [5.74, 6) is 13.3. The fourth-order valence-corrected chi connectivity index (χ4v) is 27.0. The molecule has 12 saturated carbocycles. The van der Waals surface area contributed by atoms with Crippen LogP contribution in [0.3, 0.4) is 0 Å². The van der Waals surface area contributed by atoms with Gasteiger partial charge >= 0.3 is 0 Å². The third kappa shape index (κ3) is 14.1. The van der Waals surface area contributed by atoms with E-state index < -0.39 is 0 Å². The van der Waals surface area contributed by atoms with Crippen LogP contribution < -0.4 is 21.3 Å². The molecule has 4 N–H and O–H groups in total. The Balaban J connectivity index is 0.596. The zero-order valence-corrected chi connectivity index (χ0v) is 56.1. The molecule has 15 aliphatic rings. The highest BCUT2D eigenvalue weighted by atomic mass is 15.3. The second-order valence-corrected chi connectivity index (χ2v) is 35.7. The van der Waals surface area contributed by atoms with Crippen LogP contribution in [0.25, 0.3) is 0 Å². The van der Waals surface area contributed by atoms with E-state index in [0.717, 1.165) is 143 Å². The molecule has 86 heavy (non-hydrogen) atoms. The summed E-state index contributed by atoms with van der Waals surface area (Å²) in [6.45, 7) is 0. The normalized spacial score (nSPS) is 46.0. The summed E-state index contributed by atoms with van der Waals surface area (Å²) in [7, 11) is 0. The molecule has 3 aliphatic heterocycles. The third-order valence-electron chi connectivity index (χ3n) is 31.4. The third-order valence-corrected chi connectivity index (χ3v) is 31.4. The minimum atomic E-state index is 0.521. The Labute approximate surface area is 530 Å². The molecule has 0 radical (unpaired) electrons. The van der Waals surface area contributed by atoms with Crippen molar-refractivity contribution in [1.29, 1.82) is 0 Å². The lowest BCUT2D eigenvalue weighted by Crippen LogP contribution is -2.67. The molecule has 488 valence electrons. The van der Waals surface area contributed by atoms with Crippen LogP contribution in [0.5, 0.6) is 0 Å². The highest BCUT2D eigenvalue weighted by Gasteiger charge is 2.55. The summed E-state index contributed by atoms with van der Waals surface area (Å²) in [4.78, 5) is 6.63. The van der Waals surface area contributed by atoms with Crippen LogP contribution in [0.4, 0.5) is 0 Å². The summed E-state index contributed by atoms with van der Waals surface area (Å²) >= 11 is 0. The Kier molecular flexibility index (Phi) is 21.3. The van der Waals surface area contributed by atoms with Crippen molar-refractivity contribution in [2.45, 2.75) is 419 Å². The van der Waals surface area contributed by atoms with E-state index in [0.29, 0.717) is 12.3 Å². The van der Waals surface area contributed by atoms with Crippen molar-refractivity contribution in [3.63, 3.8) is 0 Å². The smallest absolute Gasteiger partial charge is 0.0605 e. The SMILES string of the molecule is C1CCC(C2CC(C3CCCCC3)NC(C3CC(C4CCC(C5CCC(N(C6CCCCC6)C6CCC(C7CCC8C(C7)C7CCCCC7N8C7CCCCC7)CC6)CC5)CC4)CC(C4NC(C5CCCCC5)CC(C5CCCCC5)N4)C3)N2)CC1. The van der Waals surface area contributed by atoms with Crippen molar-refractivity contribution in [3.8, 4) is 0 Å². The summed E-state index contributed by atoms with van der Waals surface area (Å²) < 4.78 is 0. The van der Waals surface area contributed by atoms with Gasteiger partial charge in [0.1, 0.15) is 0 Å². The minimum Gasteiger partial charge on any atom is -0.299 e. The van der Waals surface area contributed by atoms with Crippen molar-refractivity contribution < 1.29 is 0 Å². The fourth-order valence-electron chi connectivity index (χ4n) is 27.0. The van der Waals surface area contributed by atoms with Gasteiger partial charge in [0, 0.05) is 60.4 Å². The van der Waals surface area contributed by atoms with E-state index in [2.05, 4.69) is 31.1 Å². The first kappa shape index (κ1) is 61.9. The maximum atomic E-state index is 4.62. The van der Waals surface area contributed by atoms with Crippen LogP contribution in [0, 0.1) is 82.9 Å². The number of fused-ring (bicyclic) bond motifs is 3. The van der Waals surface area contributed by atoms with Gasteiger partial charge in [-0.1, -0.05) is 128 Å². The van der Waals surface area contributed by atoms with Gasteiger partial charge in [-0.05, 0) is 301 Å². The van der Waals surface area contributed by atoms with E-state index in [9.17, 15) is 0 Å². The van der Waals surface area contributed by atoms with E-state index >= 15 is 0 Å². The first-order valence-corrected chi connectivity index (χ1v) is 41.2. The predicted molar refractivity (Wildman–Crippen MR) is 360 cm³/mol. The zero-order chi connectivity index (χ0) is 57.2. The van der Waals surface area contributed by atoms with Crippen LogP contribution in [0.2, 0.25) is 0 Å². The van der Waals surface area contributed by atoms with E-state index in [1.807, 2.05) is 0 Å². The summed E-state index contributed by atoms with van der Waals surface area (Å²) in [6.07, 6.45) is 82.8. The van der Waals surface area contributed by atoms with Gasteiger partial charge in [0.15, 0.2) is 0 Å². The molecule has 6 nitrogen and oxygen atoms in total. The van der Waals surface area contributed by atoms with E-state index in [-0.39, 0.29) is 0 Å². The number of nitrogens with zero attached hydrogens (tertiary/aromatic N) is 2. The first-order valence-electron chi connectivity index (χ1n) is 41.2. The average molecular weight is 1180 g/mol. The lowest BCUT2D eigenvalue weighted by molar-refractivity contribution is -0.00891. The molecule has 15 rings (SSSR count). The fraction of sp³-hybridized carbons (Fsp3) is 1.00. The largest absolute Gasteiger partial charge is 0.299 e. The maximum absolute atomic E-state index is 4.62. The van der Waals surface area contributed by atoms with Crippen LogP contribution in [0.1, 0.15) is 347 Å². The number of likely N-dealkylation sites (tertiary alicyclic amines) is 1. The molecule has 0 bridgehead atoms. The van der Waals surface area contributed by atoms with Crippen molar-refractivity contribution in [3.05, 3.63) is 0 Å². The molecule has 0 aromatic heterocycles. The maximum Gasteiger partial charge on any atom is 0.0605 e. The minimum absolute atomic E-state index is 0.521. The Hall–Kier alpha value is -0.240. The molecule has 0 amide bonds. The highest BCUT2D eigenvalue weighted by molar-refractivity contribution is 5.08. The Morgan fingerprint density at radius 1 is 0.209 bits per heavy atom. The van der Waals surface area contributed by atoms with Gasteiger partial charge in [-0.3, -0.25) is 31.1 Å². The molecule has 11 unspecified atom stereocenters. The van der Waals surface area contributed by atoms with Crippen LogP contribution in [-0.4, -0.2) is 82.5 Å². The van der Waals surface area contributed by atoms with Gasteiger partial charge in [-0.25, -0.2) is 0 Å². The van der Waals surface area contributed by atoms with Crippen molar-refractivity contribution in [1.82, 2.24) is 31.1 Å². The first-order chi connectivity index (χ1) is 42.6. The molecule has 0 aromatic rings. The molecule has 11 atom stereocenters. The summed E-state index contributed by atoms with van der Waals surface area (Å²) in [5, 5.41) is 18.5. The Morgan fingerprint density at radius 2 is 0.535 bits per heavy atom. The summed E-state index contributed by atoms with van der Waals surface area (Å²) in [6, 6.07) is 8.53. The quantitative estimate of drug-likeness (QED) is 0.147. The molecule has 0 spiro atoms. The summed E-state index contributed by atoms with van der Waals surface area (Å²) in [5.41, 5.74) is 0. The molecule has 0 aromatic carbocycles. The van der Waals surface area contributed by atoms with Gasteiger partial charge in [-0.2, -0.15) is 0 Å².